The number of halogens is 5. The van der Waals surface area contributed by atoms with Gasteiger partial charge in [0.15, 0.2) is 0 Å². The van der Waals surface area contributed by atoms with Crippen molar-refractivity contribution >= 4 is 5.82 Å². The summed E-state index contributed by atoms with van der Waals surface area (Å²) in [5.41, 5.74) is -4.90. The van der Waals surface area contributed by atoms with Crippen molar-refractivity contribution in [3.8, 4) is 6.07 Å². The van der Waals surface area contributed by atoms with E-state index >= 15 is 0 Å². The summed E-state index contributed by atoms with van der Waals surface area (Å²) in [5, 5.41) is 18.8. The Kier molecular flexibility index (Phi) is 3.45. The van der Waals surface area contributed by atoms with Gasteiger partial charge < -0.3 is 10.1 Å². The first-order valence-electron chi connectivity index (χ1n) is 4.13. The number of rotatable bonds is 2. The van der Waals surface area contributed by atoms with Gasteiger partial charge in [0.1, 0.15) is 6.07 Å². The normalized spacial score (nSPS) is 11.4. The van der Waals surface area contributed by atoms with Gasteiger partial charge in [0.25, 0.3) is 12.1 Å². The van der Waals surface area contributed by atoms with E-state index in [1.54, 1.807) is 0 Å². The number of nitro groups is 1. The summed E-state index contributed by atoms with van der Waals surface area (Å²) >= 11 is 0. The van der Waals surface area contributed by atoms with Crippen LogP contribution in [0.5, 0.6) is 0 Å². The lowest BCUT2D eigenvalue weighted by Gasteiger charge is -2.08. The third-order valence-electron chi connectivity index (χ3n) is 1.84. The van der Waals surface area contributed by atoms with Crippen LogP contribution in [-0.2, 0) is 6.18 Å². The van der Waals surface area contributed by atoms with E-state index < -0.39 is 40.2 Å². The van der Waals surface area contributed by atoms with Gasteiger partial charge in [-0.15, -0.1) is 0 Å². The van der Waals surface area contributed by atoms with Gasteiger partial charge in [-0.05, 0) is 9.91 Å². The molecule has 0 N–H and O–H groups in total. The molecule has 0 spiro atoms. The Morgan fingerprint density at radius 2 is 2.00 bits per heavy atom. The summed E-state index contributed by atoms with van der Waals surface area (Å²) in [5.74, 6) is -1.32. The first-order valence-corrected chi connectivity index (χ1v) is 4.13. The van der Waals surface area contributed by atoms with Crippen LogP contribution >= 0.6 is 0 Å². The zero-order valence-corrected chi connectivity index (χ0v) is 8.20. The molecule has 0 saturated heterocycles. The van der Waals surface area contributed by atoms with E-state index in [0.717, 1.165) is 6.07 Å². The van der Waals surface area contributed by atoms with E-state index in [-0.39, 0.29) is 6.07 Å². The van der Waals surface area contributed by atoms with Crippen LogP contribution in [0.1, 0.15) is 23.2 Å². The van der Waals surface area contributed by atoms with Crippen molar-refractivity contribution in [1.82, 2.24) is 4.98 Å². The molecule has 0 atom stereocenters. The second-order valence-corrected chi connectivity index (χ2v) is 2.96. The molecule has 0 unspecified atom stereocenters. The van der Waals surface area contributed by atoms with Crippen LogP contribution in [0.25, 0.3) is 0 Å². The number of aromatic nitrogens is 1. The van der Waals surface area contributed by atoms with Crippen molar-refractivity contribution in [2.75, 3.05) is 0 Å². The highest BCUT2D eigenvalue weighted by atomic mass is 19.4. The van der Waals surface area contributed by atoms with Crippen molar-refractivity contribution in [3.63, 3.8) is 0 Å². The van der Waals surface area contributed by atoms with Crippen molar-refractivity contribution in [2.24, 2.45) is 0 Å². The fraction of sp³-hybridized carbons (Fsp3) is 0.250. The first kappa shape index (κ1) is 13.8. The minimum absolute atomic E-state index is 0.275. The zero-order valence-electron chi connectivity index (χ0n) is 8.20. The van der Waals surface area contributed by atoms with E-state index in [2.05, 4.69) is 4.98 Å². The van der Waals surface area contributed by atoms with E-state index in [0.29, 0.717) is 0 Å². The molecule has 0 fully saturated rings. The summed E-state index contributed by atoms with van der Waals surface area (Å²) in [6.45, 7) is 0. The lowest BCUT2D eigenvalue weighted by atomic mass is 10.1. The molecule has 18 heavy (non-hydrogen) atoms. The average Bonchev–Trinajstić information content (AvgIpc) is 2.25. The highest BCUT2D eigenvalue weighted by molar-refractivity contribution is 5.46. The van der Waals surface area contributed by atoms with Gasteiger partial charge in [-0.3, -0.25) is 0 Å². The second-order valence-electron chi connectivity index (χ2n) is 2.96. The Morgan fingerprint density at radius 1 is 1.44 bits per heavy atom. The van der Waals surface area contributed by atoms with Gasteiger partial charge in [-0.25, -0.2) is 8.78 Å². The molecular weight excluding hydrogens is 265 g/mol. The van der Waals surface area contributed by atoms with Crippen LogP contribution in [0.4, 0.5) is 27.8 Å². The number of nitriles is 1. The van der Waals surface area contributed by atoms with Crippen LogP contribution in [0.2, 0.25) is 0 Å². The molecule has 1 rings (SSSR count). The molecule has 0 aliphatic carbocycles. The highest BCUT2D eigenvalue weighted by Crippen LogP contribution is 2.38. The van der Waals surface area contributed by atoms with E-state index in [1.165, 1.54) is 0 Å². The molecule has 0 bridgehead atoms. The molecule has 10 heteroatoms. The minimum atomic E-state index is -5.32. The van der Waals surface area contributed by atoms with E-state index in [4.69, 9.17) is 5.26 Å². The fourth-order valence-corrected chi connectivity index (χ4v) is 1.16. The maximum atomic E-state index is 12.5. The molecule has 0 aromatic carbocycles. The molecule has 96 valence electrons. The summed E-state index contributed by atoms with van der Waals surface area (Å²) in [4.78, 5) is 11.5. The third kappa shape index (κ3) is 2.50. The van der Waals surface area contributed by atoms with Crippen molar-refractivity contribution < 1.29 is 26.9 Å². The molecule has 0 radical (unpaired) electrons. The lowest BCUT2D eigenvalue weighted by molar-refractivity contribution is -0.390. The van der Waals surface area contributed by atoms with Crippen molar-refractivity contribution in [3.05, 3.63) is 33.0 Å². The monoisotopic (exact) mass is 267 g/mol. The number of hydrogen-bond acceptors (Lipinski definition) is 4. The Morgan fingerprint density at radius 3 is 2.33 bits per heavy atom. The Hall–Kier alpha value is -2.31. The summed E-state index contributed by atoms with van der Waals surface area (Å²) < 4.78 is 62.3. The van der Waals surface area contributed by atoms with Gasteiger partial charge in [-0.2, -0.15) is 18.4 Å². The largest absolute Gasteiger partial charge is 0.458 e. The van der Waals surface area contributed by atoms with Crippen molar-refractivity contribution in [2.45, 2.75) is 12.6 Å². The Bertz CT molecular complexity index is 535. The number of pyridine rings is 1. The van der Waals surface area contributed by atoms with E-state index in [1.807, 2.05) is 0 Å². The van der Waals surface area contributed by atoms with E-state index in [9.17, 15) is 32.1 Å². The SMILES string of the molecule is N#Cc1cc([N+](=O)[O-])nc(C(F)(F)F)c1C(F)F. The second kappa shape index (κ2) is 4.52. The molecule has 1 heterocycles. The van der Waals surface area contributed by atoms with Gasteiger partial charge in [0, 0.05) is 0 Å². The summed E-state index contributed by atoms with van der Waals surface area (Å²) in [6, 6.07) is 1.33. The summed E-state index contributed by atoms with van der Waals surface area (Å²) in [6.07, 6.45) is -8.94. The lowest BCUT2D eigenvalue weighted by Crippen LogP contribution is -2.15. The smallest absolute Gasteiger partial charge is 0.358 e. The van der Waals surface area contributed by atoms with Crippen LogP contribution in [-0.4, -0.2) is 9.91 Å². The summed E-state index contributed by atoms with van der Waals surface area (Å²) in [7, 11) is 0. The van der Waals surface area contributed by atoms with Gasteiger partial charge in [0.05, 0.1) is 17.2 Å². The maximum absolute atomic E-state index is 12.5. The minimum Gasteiger partial charge on any atom is -0.358 e. The van der Waals surface area contributed by atoms with Crippen LogP contribution in [0.3, 0.4) is 0 Å². The van der Waals surface area contributed by atoms with Crippen LogP contribution < -0.4 is 0 Å². The molecule has 1 aromatic rings. The Balaban J connectivity index is 3.70. The standard InChI is InChI=1S/C8H2F5N3O2/c9-7(10)5-3(2-14)1-4(16(17)18)15-6(5)8(11,12)13/h1,7H. The molecule has 0 aliphatic heterocycles. The molecular formula is C8H2F5N3O2. The van der Waals surface area contributed by atoms with Crippen LogP contribution in [0.15, 0.2) is 6.07 Å². The molecule has 0 aliphatic rings. The maximum Gasteiger partial charge on any atom is 0.458 e. The fourth-order valence-electron chi connectivity index (χ4n) is 1.16. The van der Waals surface area contributed by atoms with Crippen LogP contribution in [0, 0.1) is 21.4 Å². The quantitative estimate of drug-likeness (QED) is 0.468. The molecule has 0 saturated carbocycles. The average molecular weight is 267 g/mol. The van der Waals surface area contributed by atoms with Gasteiger partial charge in [-0.1, -0.05) is 0 Å². The number of nitrogens with zero attached hydrogens (tertiary/aromatic N) is 3. The van der Waals surface area contributed by atoms with Gasteiger partial charge in [0.2, 0.25) is 0 Å². The topological polar surface area (TPSA) is 79.8 Å². The molecule has 0 amide bonds. The Labute approximate surface area is 95.6 Å². The first-order chi connectivity index (χ1) is 8.18. The van der Waals surface area contributed by atoms with Crippen molar-refractivity contribution in [1.29, 1.82) is 5.26 Å². The highest BCUT2D eigenvalue weighted by Gasteiger charge is 2.44. The predicted molar refractivity (Wildman–Crippen MR) is 45.6 cm³/mol. The number of alkyl halides is 5. The number of hydrogen-bond donors (Lipinski definition) is 0. The molecule has 5 nitrogen and oxygen atoms in total. The zero-order chi connectivity index (χ0) is 14.1. The third-order valence-corrected chi connectivity index (χ3v) is 1.84. The molecule has 1 aromatic heterocycles. The van der Waals surface area contributed by atoms with Gasteiger partial charge >= 0.3 is 12.0 Å². The predicted octanol–water partition coefficient (Wildman–Crippen LogP) is 2.82.